The maximum atomic E-state index is 14.1. The summed E-state index contributed by atoms with van der Waals surface area (Å²) in [6.45, 7) is 8.86. The quantitative estimate of drug-likeness (QED) is 0.350. The van der Waals surface area contributed by atoms with Crippen LogP contribution in [0.1, 0.15) is 65.7 Å². The molecule has 0 radical (unpaired) electrons. The highest BCUT2D eigenvalue weighted by Crippen LogP contribution is 2.38. The predicted octanol–water partition coefficient (Wildman–Crippen LogP) is 4.47. The number of aliphatic carboxylic acids is 1. The molecule has 1 saturated heterocycles. The summed E-state index contributed by atoms with van der Waals surface area (Å²) in [4.78, 5) is 19.3. The number of hydrogen-bond donors (Lipinski definition) is 1. The lowest BCUT2D eigenvalue weighted by molar-refractivity contribution is -0.141. The van der Waals surface area contributed by atoms with Gasteiger partial charge in [-0.2, -0.15) is 4.31 Å². The number of piperidine rings is 1. The Morgan fingerprint density at radius 1 is 1.12 bits per heavy atom. The van der Waals surface area contributed by atoms with Crippen molar-refractivity contribution in [3.8, 4) is 0 Å². The molecule has 1 N–H and O–H groups in total. The molecule has 42 heavy (non-hydrogen) atoms. The lowest BCUT2D eigenvalue weighted by Gasteiger charge is -2.36. The normalized spacial score (nSPS) is 20.0. The number of nitrogens with zero attached hydrogens (tertiary/aromatic N) is 6. The van der Waals surface area contributed by atoms with E-state index in [1.165, 1.54) is 0 Å². The summed E-state index contributed by atoms with van der Waals surface area (Å²) in [7, 11) is -3.82. The zero-order valence-corrected chi connectivity index (χ0v) is 25.2. The minimum Gasteiger partial charge on any atom is -0.481 e. The second kappa shape index (κ2) is 10.8. The number of rotatable bonds is 6. The average molecular weight is 589 g/mol. The minimum absolute atomic E-state index is 0.0499. The van der Waals surface area contributed by atoms with Gasteiger partial charge in [0.05, 0.1) is 5.92 Å². The third-order valence-corrected chi connectivity index (χ3v) is 10.9. The number of carbonyl (C=O) groups is 1. The first-order valence-corrected chi connectivity index (χ1v) is 15.9. The summed E-state index contributed by atoms with van der Waals surface area (Å²) in [5, 5.41) is 18.7. The van der Waals surface area contributed by atoms with Gasteiger partial charge in [0.2, 0.25) is 10.0 Å². The molecule has 0 bridgehead atoms. The molecule has 1 unspecified atom stereocenters. The Hall–Kier alpha value is -3.83. The van der Waals surface area contributed by atoms with Gasteiger partial charge < -0.3 is 10.0 Å². The van der Waals surface area contributed by atoms with Crippen LogP contribution in [0, 0.1) is 26.7 Å². The van der Waals surface area contributed by atoms with Crippen LogP contribution < -0.4 is 4.90 Å². The predicted molar refractivity (Wildman–Crippen MR) is 159 cm³/mol. The van der Waals surface area contributed by atoms with Crippen molar-refractivity contribution in [1.29, 1.82) is 0 Å². The van der Waals surface area contributed by atoms with Gasteiger partial charge in [0.25, 0.3) is 0 Å². The lowest BCUT2D eigenvalue weighted by atomic mass is 9.79. The molecular formula is C31H36N6O4S. The minimum atomic E-state index is -3.82. The first-order valence-electron chi connectivity index (χ1n) is 14.4. The van der Waals surface area contributed by atoms with Crippen LogP contribution in [0.5, 0.6) is 0 Å². The Kier molecular flexibility index (Phi) is 7.26. The number of aromatic nitrogens is 4. The molecule has 4 aromatic rings. The van der Waals surface area contributed by atoms with E-state index < -0.39 is 27.8 Å². The van der Waals surface area contributed by atoms with Crippen LogP contribution in [0.2, 0.25) is 0 Å². The number of benzene rings is 1. The maximum absolute atomic E-state index is 14.1. The van der Waals surface area contributed by atoms with E-state index in [2.05, 4.69) is 20.1 Å². The van der Waals surface area contributed by atoms with Crippen LogP contribution in [-0.2, 0) is 21.4 Å². The monoisotopic (exact) mass is 588 g/mol. The number of sulfonamides is 1. The van der Waals surface area contributed by atoms with Gasteiger partial charge >= 0.3 is 5.97 Å². The van der Waals surface area contributed by atoms with E-state index in [4.69, 9.17) is 0 Å². The topological polar surface area (TPSA) is 121 Å². The molecule has 0 aliphatic carbocycles. The highest BCUT2D eigenvalue weighted by Gasteiger charge is 2.39. The van der Waals surface area contributed by atoms with E-state index >= 15 is 0 Å². The van der Waals surface area contributed by atoms with Crippen LogP contribution in [0.4, 0.5) is 5.82 Å². The fraction of sp³-hybridized carbons (Fsp3) is 0.419. The first kappa shape index (κ1) is 28.3. The van der Waals surface area contributed by atoms with Gasteiger partial charge in [0.15, 0.2) is 5.65 Å². The molecule has 5 heterocycles. The first-order chi connectivity index (χ1) is 20.1. The summed E-state index contributed by atoms with van der Waals surface area (Å²) in [6.07, 6.45) is 6.51. The smallest absolute Gasteiger partial charge is 0.307 e. The Morgan fingerprint density at radius 3 is 2.71 bits per heavy atom. The average Bonchev–Trinajstić information content (AvgIpc) is 3.32. The molecule has 1 fully saturated rings. The molecule has 3 atom stereocenters. The fourth-order valence-electron chi connectivity index (χ4n) is 6.56. The van der Waals surface area contributed by atoms with Crippen molar-refractivity contribution in [3.05, 3.63) is 82.4 Å². The van der Waals surface area contributed by atoms with Crippen molar-refractivity contribution in [2.45, 2.75) is 70.4 Å². The van der Waals surface area contributed by atoms with Crippen molar-refractivity contribution in [1.82, 2.24) is 23.9 Å². The Labute approximate surface area is 246 Å². The van der Waals surface area contributed by atoms with Gasteiger partial charge in [-0.3, -0.25) is 9.20 Å². The largest absolute Gasteiger partial charge is 0.481 e. The van der Waals surface area contributed by atoms with E-state index in [-0.39, 0.29) is 17.5 Å². The van der Waals surface area contributed by atoms with Crippen LogP contribution >= 0.6 is 0 Å². The number of aryl methyl sites for hydroxylation is 3. The highest BCUT2D eigenvalue weighted by atomic mass is 32.2. The van der Waals surface area contributed by atoms with Crippen molar-refractivity contribution >= 4 is 27.5 Å². The maximum Gasteiger partial charge on any atom is 0.307 e. The molecule has 3 aromatic heterocycles. The molecule has 10 nitrogen and oxygen atoms in total. The molecule has 2 aliphatic heterocycles. The van der Waals surface area contributed by atoms with Gasteiger partial charge in [-0.05, 0) is 86.1 Å². The Balaban J connectivity index is 1.42. The number of anilines is 1. The summed E-state index contributed by atoms with van der Waals surface area (Å²) in [5.41, 5.74) is 5.05. The van der Waals surface area contributed by atoms with E-state index in [0.717, 1.165) is 59.4 Å². The van der Waals surface area contributed by atoms with Crippen molar-refractivity contribution in [2.24, 2.45) is 5.92 Å². The van der Waals surface area contributed by atoms with Gasteiger partial charge in [-0.1, -0.05) is 25.1 Å². The van der Waals surface area contributed by atoms with Crippen molar-refractivity contribution in [3.63, 3.8) is 0 Å². The summed E-state index contributed by atoms with van der Waals surface area (Å²) in [5.74, 6) is -0.812. The third kappa shape index (κ3) is 4.74. The molecule has 6 rings (SSSR count). The molecular weight excluding hydrogens is 552 g/mol. The van der Waals surface area contributed by atoms with E-state index in [9.17, 15) is 18.3 Å². The lowest BCUT2D eigenvalue weighted by Crippen LogP contribution is -2.45. The number of hydrogen-bond acceptors (Lipinski definition) is 7. The number of fused-ring (bicyclic) bond motifs is 4. The van der Waals surface area contributed by atoms with Gasteiger partial charge in [0.1, 0.15) is 16.5 Å². The number of carboxylic acid groups (broad SMARTS) is 1. The third-order valence-electron chi connectivity index (χ3n) is 9.02. The van der Waals surface area contributed by atoms with Crippen molar-refractivity contribution in [2.75, 3.05) is 18.0 Å². The van der Waals surface area contributed by atoms with Crippen LogP contribution in [-0.4, -0.2) is 62.5 Å². The zero-order valence-electron chi connectivity index (χ0n) is 24.4. The molecule has 0 saturated carbocycles. The van der Waals surface area contributed by atoms with E-state index in [1.54, 1.807) is 29.6 Å². The number of pyridine rings is 2. The second-order valence-corrected chi connectivity index (χ2v) is 13.5. The molecule has 0 amide bonds. The van der Waals surface area contributed by atoms with Gasteiger partial charge in [-0.15, -0.1) is 10.2 Å². The van der Waals surface area contributed by atoms with Crippen molar-refractivity contribution < 1.29 is 18.3 Å². The van der Waals surface area contributed by atoms with E-state index in [0.29, 0.717) is 18.0 Å². The molecule has 1 aromatic carbocycles. The molecule has 0 spiro atoms. The summed E-state index contributed by atoms with van der Waals surface area (Å²) >= 11 is 0. The Morgan fingerprint density at radius 2 is 1.93 bits per heavy atom. The van der Waals surface area contributed by atoms with Gasteiger partial charge in [0, 0.05) is 44.0 Å². The van der Waals surface area contributed by atoms with Crippen LogP contribution in [0.15, 0.2) is 53.7 Å². The van der Waals surface area contributed by atoms with Crippen LogP contribution in [0.3, 0.4) is 0 Å². The second-order valence-electron chi connectivity index (χ2n) is 11.6. The molecule has 11 heteroatoms. The highest BCUT2D eigenvalue weighted by molar-refractivity contribution is 7.89. The van der Waals surface area contributed by atoms with Gasteiger partial charge in [-0.25, -0.2) is 13.4 Å². The Bertz CT molecular complexity index is 1790. The zero-order chi connectivity index (χ0) is 29.8. The fourth-order valence-corrected chi connectivity index (χ4v) is 8.17. The SMILES string of the molecule is Cc1ccc([C@H](c2ccn3c(C)nnc3c2C)C(C)C(=O)O)cc1CN1C[C@@H]2CCCCN2c2ncccc2S1(=O)=O. The van der Waals surface area contributed by atoms with E-state index in [1.807, 2.05) is 55.6 Å². The molecule has 220 valence electrons. The summed E-state index contributed by atoms with van der Waals surface area (Å²) in [6, 6.07) is 11.2. The molecule has 2 aliphatic rings. The standard InChI is InChI=1S/C31H36N6O4S/c1-19-10-11-23(28(21(3)31(38)39)26-12-15-36-22(4)33-34-29(36)20(26)2)16-24(19)17-35-18-25-8-5-6-14-37(25)30-27(42(35,40)41)9-7-13-32-30/h7,9-13,15-16,21,25,28H,5-6,8,14,17-18H2,1-4H3,(H,38,39)/t21?,25-,28+/m0/s1. The van der Waals surface area contributed by atoms with Crippen LogP contribution in [0.25, 0.3) is 5.65 Å². The summed E-state index contributed by atoms with van der Waals surface area (Å²) < 4.78 is 31.6. The number of carboxylic acids is 1.